The van der Waals surface area contributed by atoms with Gasteiger partial charge < -0.3 is 9.80 Å². The zero-order valence-electron chi connectivity index (χ0n) is 21.7. The highest BCUT2D eigenvalue weighted by Gasteiger charge is 2.65. The highest BCUT2D eigenvalue weighted by atomic mass is 19.1. The SMILES string of the molecule is O=C1C2CN(c3ccc(F)cc3)C3(CCN(C4CCCCCCCCC4)CC3)C2C(=O)N1CC1CC1. The molecule has 0 aromatic heterocycles. The number of benzene rings is 1. The van der Waals surface area contributed by atoms with Crippen molar-refractivity contribution in [2.75, 3.05) is 31.1 Å². The fourth-order valence-corrected chi connectivity index (χ4v) is 7.86. The average Bonchev–Trinajstić information content (AvgIpc) is 3.62. The first kappa shape index (κ1) is 24.4. The van der Waals surface area contributed by atoms with Crippen molar-refractivity contribution in [1.29, 1.82) is 0 Å². The van der Waals surface area contributed by atoms with Crippen LogP contribution in [0.25, 0.3) is 0 Å². The number of carbonyl (C=O) groups excluding carboxylic acids is 2. The molecule has 0 radical (unpaired) electrons. The van der Waals surface area contributed by atoms with E-state index in [4.69, 9.17) is 0 Å². The molecule has 2 unspecified atom stereocenters. The summed E-state index contributed by atoms with van der Waals surface area (Å²) in [5.74, 6) is -0.165. The smallest absolute Gasteiger partial charge is 0.235 e. The van der Waals surface area contributed by atoms with E-state index in [-0.39, 0.29) is 35.0 Å². The monoisotopic (exact) mass is 495 g/mol. The molecule has 196 valence electrons. The lowest BCUT2D eigenvalue weighted by molar-refractivity contribution is -0.141. The maximum atomic E-state index is 13.8. The Bertz CT molecular complexity index is 943. The fourth-order valence-electron chi connectivity index (χ4n) is 7.86. The summed E-state index contributed by atoms with van der Waals surface area (Å²) in [7, 11) is 0. The average molecular weight is 496 g/mol. The van der Waals surface area contributed by atoms with Crippen molar-refractivity contribution >= 4 is 17.5 Å². The first-order valence-corrected chi connectivity index (χ1v) is 14.7. The van der Waals surface area contributed by atoms with Crippen LogP contribution in [0.1, 0.15) is 83.5 Å². The molecule has 1 aromatic carbocycles. The lowest BCUT2D eigenvalue weighted by atomic mass is 9.74. The van der Waals surface area contributed by atoms with Gasteiger partial charge in [0, 0.05) is 37.9 Å². The van der Waals surface area contributed by atoms with Gasteiger partial charge in [-0.1, -0.05) is 44.9 Å². The van der Waals surface area contributed by atoms with Crippen LogP contribution in [0.4, 0.5) is 10.1 Å². The molecule has 0 N–H and O–H groups in total. The summed E-state index contributed by atoms with van der Waals surface area (Å²) in [4.78, 5) is 33.9. The number of hydrogen-bond acceptors (Lipinski definition) is 4. The molecule has 1 aromatic rings. The zero-order chi connectivity index (χ0) is 24.7. The van der Waals surface area contributed by atoms with Crippen molar-refractivity contribution in [2.45, 2.75) is 95.1 Å². The number of amides is 2. The molecule has 6 heteroatoms. The Kier molecular flexibility index (Phi) is 6.83. The van der Waals surface area contributed by atoms with E-state index in [0.717, 1.165) is 44.5 Å². The summed E-state index contributed by atoms with van der Waals surface area (Å²) in [5.41, 5.74) is 0.604. The molecular formula is C30H42FN3O2. The molecule has 2 atom stereocenters. The minimum atomic E-state index is -0.347. The maximum Gasteiger partial charge on any atom is 0.235 e. The minimum Gasteiger partial charge on any atom is -0.364 e. The normalized spacial score (nSPS) is 30.2. The van der Waals surface area contributed by atoms with Gasteiger partial charge in [0.1, 0.15) is 5.82 Å². The van der Waals surface area contributed by atoms with Crippen LogP contribution >= 0.6 is 0 Å². The van der Waals surface area contributed by atoms with Gasteiger partial charge in [0.15, 0.2) is 0 Å². The highest BCUT2D eigenvalue weighted by Crippen LogP contribution is 2.52. The third-order valence-electron chi connectivity index (χ3n) is 10.0. The molecular weight excluding hydrogens is 453 g/mol. The van der Waals surface area contributed by atoms with Crippen molar-refractivity contribution in [3.8, 4) is 0 Å². The van der Waals surface area contributed by atoms with Gasteiger partial charge in [0.05, 0.1) is 17.4 Å². The lowest BCUT2D eigenvalue weighted by Crippen LogP contribution is -2.59. The second kappa shape index (κ2) is 10.1. The van der Waals surface area contributed by atoms with E-state index < -0.39 is 0 Å². The van der Waals surface area contributed by atoms with Crippen LogP contribution in [0.5, 0.6) is 0 Å². The molecule has 36 heavy (non-hydrogen) atoms. The molecule has 3 aliphatic heterocycles. The molecule has 1 spiro atoms. The topological polar surface area (TPSA) is 43.9 Å². The molecule has 6 rings (SSSR count). The van der Waals surface area contributed by atoms with Gasteiger partial charge in [0.25, 0.3) is 0 Å². The summed E-state index contributed by atoms with van der Waals surface area (Å²) >= 11 is 0. The molecule has 2 saturated carbocycles. The molecule has 2 aliphatic carbocycles. The van der Waals surface area contributed by atoms with E-state index in [2.05, 4.69) is 9.80 Å². The summed E-state index contributed by atoms with van der Waals surface area (Å²) < 4.78 is 13.8. The standard InChI is InChI=1S/C30H42FN3O2/c31-23-12-14-25(15-13-23)34-21-26-27(29(36)33(28(26)35)20-22-10-11-22)30(34)16-18-32(19-17-30)24-8-6-4-2-1-3-5-7-9-24/h12-15,22,24,26-27H,1-11,16-21H2. The van der Waals surface area contributed by atoms with Crippen LogP contribution in [-0.2, 0) is 9.59 Å². The van der Waals surface area contributed by atoms with E-state index in [1.165, 1.54) is 69.9 Å². The Morgan fingerprint density at radius 1 is 0.806 bits per heavy atom. The van der Waals surface area contributed by atoms with Gasteiger partial charge in [-0.25, -0.2) is 4.39 Å². The van der Waals surface area contributed by atoms with Gasteiger partial charge >= 0.3 is 0 Å². The second-order valence-corrected chi connectivity index (χ2v) is 12.2. The number of anilines is 1. The van der Waals surface area contributed by atoms with Gasteiger partial charge in [-0.2, -0.15) is 0 Å². The number of rotatable bonds is 4. The second-order valence-electron chi connectivity index (χ2n) is 12.2. The predicted octanol–water partition coefficient (Wildman–Crippen LogP) is 5.38. The Labute approximate surface area is 215 Å². The molecule has 5 fully saturated rings. The molecule has 5 nitrogen and oxygen atoms in total. The molecule has 2 amide bonds. The number of hydrogen-bond donors (Lipinski definition) is 0. The van der Waals surface area contributed by atoms with Crippen molar-refractivity contribution < 1.29 is 14.0 Å². The predicted molar refractivity (Wildman–Crippen MR) is 139 cm³/mol. The molecule has 3 heterocycles. The lowest BCUT2D eigenvalue weighted by Gasteiger charge is -2.50. The Morgan fingerprint density at radius 2 is 1.42 bits per heavy atom. The Hall–Kier alpha value is -1.95. The quantitative estimate of drug-likeness (QED) is 0.526. The van der Waals surface area contributed by atoms with Crippen molar-refractivity contribution in [1.82, 2.24) is 9.80 Å². The minimum absolute atomic E-state index is 0.0376. The van der Waals surface area contributed by atoms with E-state index >= 15 is 0 Å². The van der Waals surface area contributed by atoms with E-state index in [9.17, 15) is 14.0 Å². The van der Waals surface area contributed by atoms with Gasteiger partial charge in [-0.3, -0.25) is 14.5 Å². The number of likely N-dealkylation sites (tertiary alicyclic amines) is 2. The fraction of sp³-hybridized carbons (Fsp3) is 0.733. The summed E-state index contributed by atoms with van der Waals surface area (Å²) in [6.07, 6.45) is 16.1. The van der Waals surface area contributed by atoms with Gasteiger partial charge in [-0.05, 0) is 68.7 Å². The third-order valence-corrected chi connectivity index (χ3v) is 10.0. The number of carbonyl (C=O) groups is 2. The van der Waals surface area contributed by atoms with Crippen LogP contribution in [0.15, 0.2) is 24.3 Å². The van der Waals surface area contributed by atoms with Crippen LogP contribution in [0, 0.1) is 23.6 Å². The Balaban J connectivity index is 1.24. The number of piperidine rings is 1. The molecule has 5 aliphatic rings. The zero-order valence-corrected chi connectivity index (χ0v) is 21.7. The van der Waals surface area contributed by atoms with Crippen LogP contribution in [0.3, 0.4) is 0 Å². The summed E-state index contributed by atoms with van der Waals surface area (Å²) in [6, 6.07) is 7.33. The van der Waals surface area contributed by atoms with E-state index in [1.54, 1.807) is 4.90 Å². The van der Waals surface area contributed by atoms with Crippen molar-refractivity contribution in [2.24, 2.45) is 17.8 Å². The van der Waals surface area contributed by atoms with E-state index in [0.29, 0.717) is 25.0 Å². The summed E-state index contributed by atoms with van der Waals surface area (Å²) in [6.45, 7) is 3.16. The van der Waals surface area contributed by atoms with E-state index in [1.807, 2.05) is 12.1 Å². The van der Waals surface area contributed by atoms with Crippen LogP contribution in [-0.4, -0.2) is 59.4 Å². The van der Waals surface area contributed by atoms with Crippen LogP contribution in [0.2, 0.25) is 0 Å². The number of halogens is 1. The first-order valence-electron chi connectivity index (χ1n) is 14.7. The summed E-state index contributed by atoms with van der Waals surface area (Å²) in [5, 5.41) is 0. The number of nitrogens with zero attached hydrogens (tertiary/aromatic N) is 3. The largest absolute Gasteiger partial charge is 0.364 e. The number of imide groups is 1. The third kappa shape index (κ3) is 4.48. The highest BCUT2D eigenvalue weighted by molar-refractivity contribution is 6.07. The number of fused-ring (bicyclic) bond motifs is 2. The Morgan fingerprint density at radius 3 is 2.03 bits per heavy atom. The molecule has 3 saturated heterocycles. The first-order chi connectivity index (χ1) is 17.6. The maximum absolute atomic E-state index is 13.8. The van der Waals surface area contributed by atoms with Crippen molar-refractivity contribution in [3.63, 3.8) is 0 Å². The van der Waals surface area contributed by atoms with Gasteiger partial charge in [0.2, 0.25) is 11.8 Å². The van der Waals surface area contributed by atoms with Crippen LogP contribution < -0.4 is 4.90 Å². The van der Waals surface area contributed by atoms with Gasteiger partial charge in [-0.15, -0.1) is 0 Å². The molecule has 0 bridgehead atoms. The van der Waals surface area contributed by atoms with Crippen molar-refractivity contribution in [3.05, 3.63) is 30.1 Å².